The van der Waals surface area contributed by atoms with Crippen molar-refractivity contribution in [1.82, 2.24) is 0 Å². The van der Waals surface area contributed by atoms with Crippen LogP contribution in [0.4, 0.5) is 0 Å². The molecular weight excluding hydrogens is 392 g/mol. The van der Waals surface area contributed by atoms with E-state index in [1.165, 1.54) is 0 Å². The van der Waals surface area contributed by atoms with Crippen LogP contribution < -0.4 is 0 Å². The van der Waals surface area contributed by atoms with E-state index in [2.05, 4.69) is 19.7 Å². The minimum atomic E-state index is -2.54. The van der Waals surface area contributed by atoms with Gasteiger partial charge >= 0.3 is 17.9 Å². The van der Waals surface area contributed by atoms with Gasteiger partial charge in [0.1, 0.15) is 0 Å². The van der Waals surface area contributed by atoms with Gasteiger partial charge in [-0.25, -0.2) is 14.4 Å². The fraction of sp³-hybridized carbons (Fsp3) is 0.571. The van der Waals surface area contributed by atoms with E-state index in [0.717, 1.165) is 6.42 Å². The molecule has 0 unspecified atom stereocenters. The van der Waals surface area contributed by atoms with Crippen LogP contribution in [0.2, 0.25) is 18.1 Å². The normalized spacial score (nSPS) is 10.8. The summed E-state index contributed by atoms with van der Waals surface area (Å²) in [4.78, 5) is 35.1. The molecule has 0 heterocycles. The van der Waals surface area contributed by atoms with Gasteiger partial charge in [0.05, 0.1) is 19.8 Å². The number of esters is 3. The molecule has 29 heavy (non-hydrogen) atoms. The zero-order valence-electron chi connectivity index (χ0n) is 18.1. The van der Waals surface area contributed by atoms with Gasteiger partial charge in [0.15, 0.2) is 0 Å². The smallest absolute Gasteiger partial charge is 0.333 e. The van der Waals surface area contributed by atoms with Gasteiger partial charge in [-0.1, -0.05) is 26.7 Å². The van der Waals surface area contributed by atoms with E-state index in [0.29, 0.717) is 41.5 Å². The number of hydrogen-bond donors (Lipinski definition) is 0. The van der Waals surface area contributed by atoms with E-state index in [4.69, 9.17) is 18.6 Å². The first-order valence-corrected chi connectivity index (χ1v) is 12.2. The van der Waals surface area contributed by atoms with Crippen molar-refractivity contribution >= 4 is 26.2 Å². The van der Waals surface area contributed by atoms with E-state index < -0.39 is 26.2 Å². The highest BCUT2D eigenvalue weighted by Gasteiger charge is 2.36. The third-order valence-corrected chi connectivity index (χ3v) is 8.19. The van der Waals surface area contributed by atoms with Crippen LogP contribution in [0.25, 0.3) is 0 Å². The summed E-state index contributed by atoms with van der Waals surface area (Å²) >= 11 is 0. The van der Waals surface area contributed by atoms with E-state index in [1.54, 1.807) is 20.8 Å². The SMILES string of the molecule is C=C(C)C(=O)OCC[Si](CCOC(=O)C(=C)C)(CCOC(=O)C(=C)C)OCCC. The summed E-state index contributed by atoms with van der Waals surface area (Å²) in [5, 5.41) is 0. The molecular formula is C21H34O7Si. The van der Waals surface area contributed by atoms with Gasteiger partial charge in [-0.3, -0.25) is 0 Å². The van der Waals surface area contributed by atoms with Gasteiger partial charge in [0.25, 0.3) is 0 Å². The highest BCUT2D eigenvalue weighted by molar-refractivity contribution is 6.74. The van der Waals surface area contributed by atoms with Crippen molar-refractivity contribution in [3.8, 4) is 0 Å². The molecule has 0 rings (SSSR count). The lowest BCUT2D eigenvalue weighted by Gasteiger charge is -2.31. The highest BCUT2D eigenvalue weighted by Crippen LogP contribution is 2.24. The third kappa shape index (κ3) is 11.4. The Morgan fingerprint density at radius 3 is 1.21 bits per heavy atom. The van der Waals surface area contributed by atoms with Gasteiger partial charge in [-0.2, -0.15) is 0 Å². The Morgan fingerprint density at radius 1 is 0.655 bits per heavy atom. The summed E-state index contributed by atoms with van der Waals surface area (Å²) in [6.45, 7) is 18.4. The predicted molar refractivity (Wildman–Crippen MR) is 114 cm³/mol. The van der Waals surface area contributed by atoms with Crippen LogP contribution in [0.5, 0.6) is 0 Å². The minimum absolute atomic E-state index is 0.157. The van der Waals surface area contributed by atoms with Crippen LogP contribution in [0.15, 0.2) is 36.5 Å². The molecule has 0 aromatic carbocycles. The maximum Gasteiger partial charge on any atom is 0.333 e. The Balaban J connectivity index is 5.17. The van der Waals surface area contributed by atoms with Gasteiger partial charge in [0.2, 0.25) is 8.32 Å². The van der Waals surface area contributed by atoms with Crippen molar-refractivity contribution in [3.05, 3.63) is 36.5 Å². The van der Waals surface area contributed by atoms with Gasteiger partial charge in [0, 0.05) is 41.5 Å². The standard InChI is InChI=1S/C21H34O7Si/c1-8-9-28-29(13-10-25-19(22)16(2)3,14-11-26-20(23)17(4)5)15-12-27-21(24)18(6)7/h2,4,6,8-15H2,1,3,5,7H3. The second kappa shape index (κ2) is 13.9. The molecule has 0 amide bonds. The molecule has 0 radical (unpaired) electrons. The molecule has 7 nitrogen and oxygen atoms in total. The molecule has 0 aliphatic carbocycles. The minimum Gasteiger partial charge on any atom is -0.463 e. The molecule has 0 fully saturated rings. The monoisotopic (exact) mass is 426 g/mol. The summed E-state index contributed by atoms with van der Waals surface area (Å²) in [7, 11) is -2.54. The summed E-state index contributed by atoms with van der Waals surface area (Å²) in [6, 6.07) is 1.46. The number of carbonyl (C=O) groups excluding carboxylic acids is 3. The number of carbonyl (C=O) groups is 3. The molecule has 0 aliphatic heterocycles. The lowest BCUT2D eigenvalue weighted by Crippen LogP contribution is -2.42. The maximum absolute atomic E-state index is 11.7. The molecule has 8 heteroatoms. The quantitative estimate of drug-likeness (QED) is 0.171. The van der Waals surface area contributed by atoms with Gasteiger partial charge in [-0.15, -0.1) is 0 Å². The zero-order chi connectivity index (χ0) is 22.4. The summed E-state index contributed by atoms with van der Waals surface area (Å²) in [5.41, 5.74) is 0.951. The fourth-order valence-electron chi connectivity index (χ4n) is 2.27. The van der Waals surface area contributed by atoms with Crippen molar-refractivity contribution in [2.45, 2.75) is 52.2 Å². The second-order valence-corrected chi connectivity index (χ2v) is 11.2. The lowest BCUT2D eigenvalue weighted by atomic mass is 10.4. The topological polar surface area (TPSA) is 88.1 Å². The second-order valence-electron chi connectivity index (χ2n) is 7.03. The van der Waals surface area contributed by atoms with Crippen LogP contribution >= 0.6 is 0 Å². The predicted octanol–water partition coefficient (Wildman–Crippen LogP) is 3.72. The summed E-state index contributed by atoms with van der Waals surface area (Å²) < 4.78 is 21.9. The number of hydrogen-bond acceptors (Lipinski definition) is 7. The molecule has 164 valence electrons. The Morgan fingerprint density at radius 2 is 0.966 bits per heavy atom. The molecule has 0 N–H and O–H groups in total. The van der Waals surface area contributed by atoms with Crippen molar-refractivity contribution in [2.24, 2.45) is 0 Å². The molecule has 0 saturated carbocycles. The third-order valence-electron chi connectivity index (χ3n) is 4.03. The molecule has 0 atom stereocenters. The van der Waals surface area contributed by atoms with Gasteiger partial charge < -0.3 is 18.6 Å². The van der Waals surface area contributed by atoms with Crippen LogP contribution in [0.1, 0.15) is 34.1 Å². The molecule has 0 aliphatic rings. The van der Waals surface area contributed by atoms with Crippen molar-refractivity contribution in [2.75, 3.05) is 26.4 Å². The first-order valence-electron chi connectivity index (χ1n) is 9.66. The largest absolute Gasteiger partial charge is 0.463 e. The molecule has 0 spiro atoms. The van der Waals surface area contributed by atoms with E-state index >= 15 is 0 Å². The fourth-order valence-corrected chi connectivity index (χ4v) is 5.51. The number of rotatable bonds is 15. The highest BCUT2D eigenvalue weighted by atomic mass is 28.4. The first kappa shape index (κ1) is 26.8. The summed E-state index contributed by atoms with van der Waals surface area (Å²) in [5.74, 6) is -1.40. The first-order chi connectivity index (χ1) is 13.5. The van der Waals surface area contributed by atoms with Crippen molar-refractivity contribution in [3.63, 3.8) is 0 Å². The Hall–Kier alpha value is -2.19. The van der Waals surface area contributed by atoms with E-state index in [9.17, 15) is 14.4 Å². The molecule has 0 saturated heterocycles. The number of ether oxygens (including phenoxy) is 3. The Bertz CT molecular complexity index is 546. The molecule has 0 aromatic heterocycles. The van der Waals surface area contributed by atoms with Crippen molar-refractivity contribution < 1.29 is 33.0 Å². The summed E-state index contributed by atoms with van der Waals surface area (Å²) in [6.07, 6.45) is 0.803. The maximum atomic E-state index is 11.7. The molecule has 0 aromatic rings. The van der Waals surface area contributed by atoms with Crippen LogP contribution in [-0.4, -0.2) is 52.7 Å². The van der Waals surface area contributed by atoms with Crippen LogP contribution in [-0.2, 0) is 33.0 Å². The van der Waals surface area contributed by atoms with Crippen molar-refractivity contribution in [1.29, 1.82) is 0 Å². The Kier molecular flexibility index (Phi) is 12.8. The Labute approximate surface area is 174 Å². The average molecular weight is 427 g/mol. The zero-order valence-corrected chi connectivity index (χ0v) is 19.1. The van der Waals surface area contributed by atoms with Gasteiger partial charge in [-0.05, 0) is 27.2 Å². The van der Waals surface area contributed by atoms with E-state index in [1.807, 2.05) is 6.92 Å². The van der Waals surface area contributed by atoms with Crippen LogP contribution in [0.3, 0.4) is 0 Å². The van der Waals surface area contributed by atoms with E-state index in [-0.39, 0.29) is 19.8 Å². The lowest BCUT2D eigenvalue weighted by molar-refractivity contribution is -0.139. The average Bonchev–Trinajstić information content (AvgIpc) is 2.65. The molecule has 0 bridgehead atoms. The van der Waals surface area contributed by atoms with Crippen LogP contribution in [0, 0.1) is 0 Å².